The molecule has 2 amide bonds. The Morgan fingerprint density at radius 2 is 1.66 bits per heavy atom. The van der Waals surface area contributed by atoms with Gasteiger partial charge in [0.25, 0.3) is 5.56 Å². The highest BCUT2D eigenvalue weighted by Gasteiger charge is 2.48. The van der Waals surface area contributed by atoms with Crippen molar-refractivity contribution in [3.8, 4) is 0 Å². The summed E-state index contributed by atoms with van der Waals surface area (Å²) in [5, 5.41) is 59.6. The van der Waals surface area contributed by atoms with E-state index >= 15 is 0 Å². The number of Topliss-reactive ketones (excluding diaryl/α,β-unsaturated/α-hetero) is 1. The lowest BCUT2D eigenvalue weighted by Crippen LogP contribution is -2.65. The Morgan fingerprint density at radius 3 is 2.15 bits per heavy atom. The summed E-state index contributed by atoms with van der Waals surface area (Å²) in [5.41, 5.74) is 6.51. The molecule has 0 aromatic carbocycles. The van der Waals surface area contributed by atoms with E-state index in [1.807, 2.05) is 0 Å². The van der Waals surface area contributed by atoms with E-state index < -0.39 is 85.3 Å². The summed E-state index contributed by atoms with van der Waals surface area (Å²) in [6.45, 7) is 0.411. The number of aromatic nitrogens is 2. The third-order valence-corrected chi connectivity index (χ3v) is 6.97. The third-order valence-electron chi connectivity index (χ3n) is 6.66. The first-order chi connectivity index (χ1) is 19.3. The van der Waals surface area contributed by atoms with Crippen LogP contribution in [-0.2, 0) is 25.7 Å². The number of hydrogen-bond donors (Lipinski definition) is 10. The van der Waals surface area contributed by atoms with Crippen LogP contribution in [0.5, 0.6) is 0 Å². The van der Waals surface area contributed by atoms with Gasteiger partial charge in [-0.1, -0.05) is 0 Å². The quantitative estimate of drug-likeness (QED) is 0.0984. The summed E-state index contributed by atoms with van der Waals surface area (Å²) in [6, 6.07) is -0.750. The number of carbonyl (C=O) groups excluding carboxylic acids is 2. The number of amides is 2. The molecule has 18 nitrogen and oxygen atoms in total. The molecule has 4 heterocycles. The van der Waals surface area contributed by atoms with Gasteiger partial charge in [0.2, 0.25) is 0 Å². The van der Waals surface area contributed by atoms with E-state index in [0.29, 0.717) is 5.56 Å². The average Bonchev–Trinajstić information content (AvgIpc) is 3.38. The molecule has 4 rings (SSSR count). The van der Waals surface area contributed by atoms with Crippen LogP contribution < -0.4 is 22.1 Å². The first-order valence-corrected chi connectivity index (χ1v) is 12.6. The molecule has 19 heteroatoms. The fraction of sp³-hybridized carbons (Fsp3) is 0.636. The number of hydrogen-bond acceptors (Lipinski definition) is 15. The normalized spacial score (nSPS) is 34.8. The van der Waals surface area contributed by atoms with Crippen molar-refractivity contribution in [3.05, 3.63) is 39.2 Å². The van der Waals surface area contributed by atoms with Crippen LogP contribution in [0.3, 0.4) is 0 Å². The zero-order valence-corrected chi connectivity index (χ0v) is 22.8. The van der Waals surface area contributed by atoms with Crippen LogP contribution in [0.2, 0.25) is 0 Å². The van der Waals surface area contributed by atoms with Crippen molar-refractivity contribution in [1.29, 1.82) is 0 Å². The number of nitrogens with zero attached hydrogens (tertiary/aromatic N) is 2. The maximum absolute atomic E-state index is 11.9. The number of aliphatic hydroxyl groups excluding tert-OH is 6. The van der Waals surface area contributed by atoms with Crippen LogP contribution >= 0.6 is 12.2 Å². The average molecular weight is 607 g/mol. The van der Waals surface area contributed by atoms with Crippen LogP contribution in [0.1, 0.15) is 18.7 Å². The van der Waals surface area contributed by atoms with Crippen LogP contribution in [-0.4, -0.2) is 126 Å². The smallest absolute Gasteiger partial charge is 0.325 e. The molecule has 0 bridgehead atoms. The first kappa shape index (κ1) is 32.8. The zero-order valence-electron chi connectivity index (χ0n) is 22.0. The molecule has 1 aromatic rings. The number of carbonyl (C=O) groups is 2. The minimum atomic E-state index is -1.61. The predicted octanol–water partition coefficient (Wildman–Crippen LogP) is -4.62. The Hall–Kier alpha value is -2.66. The molecular formula is C22H34N6O12S. The van der Waals surface area contributed by atoms with Gasteiger partial charge in [-0.15, -0.1) is 0 Å². The molecule has 3 aliphatic heterocycles. The van der Waals surface area contributed by atoms with E-state index in [1.165, 1.54) is 37.1 Å². The Bertz CT molecular complexity index is 1240. The Morgan fingerprint density at radius 1 is 1.10 bits per heavy atom. The zero-order chi connectivity index (χ0) is 30.6. The highest BCUT2D eigenvalue weighted by atomic mass is 32.1. The number of hydroxylamine groups is 1. The summed E-state index contributed by atoms with van der Waals surface area (Å²) in [7, 11) is 1.41. The van der Waals surface area contributed by atoms with E-state index in [0.717, 1.165) is 4.90 Å². The van der Waals surface area contributed by atoms with Crippen molar-refractivity contribution in [2.75, 3.05) is 20.3 Å². The van der Waals surface area contributed by atoms with Crippen molar-refractivity contribution in [2.45, 2.75) is 68.2 Å². The summed E-state index contributed by atoms with van der Waals surface area (Å²) >= 11 is 5.04. The number of aromatic amines is 1. The summed E-state index contributed by atoms with van der Waals surface area (Å²) < 4.78 is 11.9. The minimum absolute atomic E-state index is 0.0380. The van der Waals surface area contributed by atoms with E-state index in [-0.39, 0.29) is 11.3 Å². The molecule has 230 valence electrons. The predicted molar refractivity (Wildman–Crippen MR) is 138 cm³/mol. The number of urea groups is 1. The van der Waals surface area contributed by atoms with Crippen LogP contribution in [0.25, 0.3) is 0 Å². The largest absolute Gasteiger partial charge is 0.394 e. The Kier molecular flexibility index (Phi) is 10.9. The van der Waals surface area contributed by atoms with Gasteiger partial charge in [0.15, 0.2) is 28.7 Å². The molecule has 2 saturated heterocycles. The number of nitrogens with two attached hydrogens (primary N) is 1. The van der Waals surface area contributed by atoms with Gasteiger partial charge in [-0.05, 0) is 25.2 Å². The Balaban J connectivity index is 0.000000226. The van der Waals surface area contributed by atoms with E-state index in [4.69, 9.17) is 37.6 Å². The standard InChI is InChI=1S/C11H17N3O6S.C11H17N3O6/c1-19-12-2-5-3-14(11(21)13-9(5)18)10-8(17)7(16)6(4-15)20-10;1-5(16)11(12)2-3-14(10(19)13-11)9-8(18)7(17)6(4-15)20-9/h3,6-8,10,12,15-17H,2,4H2,1H3,(H,13,18,21);2-3,6-9,15,17-18H,4,12H2,1H3,(H,13,19)/t6-,7-,8-,10-;6-,7-,8-,9-,11?/m11/s1. The van der Waals surface area contributed by atoms with Crippen molar-refractivity contribution >= 4 is 24.0 Å². The number of ether oxygens (including phenoxy) is 2. The van der Waals surface area contributed by atoms with Gasteiger partial charge in [0.05, 0.1) is 26.9 Å². The van der Waals surface area contributed by atoms with E-state index in [9.17, 15) is 34.8 Å². The number of H-pyrrole nitrogens is 1. The molecule has 41 heavy (non-hydrogen) atoms. The van der Waals surface area contributed by atoms with Crippen molar-refractivity contribution in [2.24, 2.45) is 5.73 Å². The molecule has 1 aromatic heterocycles. The van der Waals surface area contributed by atoms with Gasteiger partial charge in [-0.2, -0.15) is 5.48 Å². The lowest BCUT2D eigenvalue weighted by atomic mass is 10.1. The van der Waals surface area contributed by atoms with Gasteiger partial charge in [0, 0.05) is 18.0 Å². The van der Waals surface area contributed by atoms with Crippen LogP contribution in [0.4, 0.5) is 4.79 Å². The maximum atomic E-state index is 11.9. The maximum Gasteiger partial charge on any atom is 0.325 e. The second-order valence-electron chi connectivity index (χ2n) is 9.38. The molecule has 1 unspecified atom stereocenters. The van der Waals surface area contributed by atoms with Crippen LogP contribution in [0, 0.1) is 4.77 Å². The van der Waals surface area contributed by atoms with Crippen molar-refractivity contribution < 1.29 is 54.5 Å². The van der Waals surface area contributed by atoms with E-state index in [2.05, 4.69) is 20.6 Å². The fourth-order valence-electron chi connectivity index (χ4n) is 4.17. The molecule has 11 N–H and O–H groups in total. The first-order valence-electron chi connectivity index (χ1n) is 12.2. The second-order valence-corrected chi connectivity index (χ2v) is 9.77. The van der Waals surface area contributed by atoms with Crippen LogP contribution in [0.15, 0.2) is 23.3 Å². The highest BCUT2D eigenvalue weighted by molar-refractivity contribution is 7.71. The van der Waals surface area contributed by atoms with Gasteiger partial charge in [-0.25, -0.2) is 4.79 Å². The van der Waals surface area contributed by atoms with Gasteiger partial charge < -0.3 is 50.3 Å². The molecule has 0 radical (unpaired) electrons. The number of ketones is 1. The molecule has 9 atom stereocenters. The lowest BCUT2D eigenvalue weighted by molar-refractivity contribution is -0.121. The second kappa shape index (κ2) is 13.5. The number of nitrogens with one attached hydrogen (secondary N) is 3. The molecule has 0 spiro atoms. The highest BCUT2D eigenvalue weighted by Crippen LogP contribution is 2.29. The van der Waals surface area contributed by atoms with Gasteiger partial charge in [0.1, 0.15) is 36.6 Å². The molecule has 2 fully saturated rings. The molecular weight excluding hydrogens is 572 g/mol. The van der Waals surface area contributed by atoms with E-state index in [1.54, 1.807) is 0 Å². The number of aliphatic hydroxyl groups is 6. The molecule has 0 aliphatic carbocycles. The monoisotopic (exact) mass is 606 g/mol. The summed E-state index contributed by atoms with van der Waals surface area (Å²) in [5.74, 6) is -0.456. The third kappa shape index (κ3) is 6.88. The summed E-state index contributed by atoms with van der Waals surface area (Å²) in [4.78, 5) is 43.1. The van der Waals surface area contributed by atoms with Crippen molar-refractivity contribution in [3.63, 3.8) is 0 Å². The lowest BCUT2D eigenvalue weighted by Gasteiger charge is -2.36. The van der Waals surface area contributed by atoms with Crippen molar-refractivity contribution in [1.82, 2.24) is 25.2 Å². The molecule has 0 saturated carbocycles. The number of rotatable bonds is 8. The minimum Gasteiger partial charge on any atom is -0.394 e. The topological polar surface area (TPSA) is 274 Å². The SMILES string of the molecule is CC(=O)C1(N)C=CN([C@@H]2O[C@H](CO)[C@@H](O)[C@H]2O)C(=O)N1.CONCc1cn([C@@H]2O[C@H](CO)[C@@H](O)[C@H]2O)c(=S)[nH]c1=O. The van der Waals surface area contributed by atoms with Gasteiger partial charge >= 0.3 is 6.03 Å². The fourth-order valence-corrected chi connectivity index (χ4v) is 4.42. The summed E-state index contributed by atoms with van der Waals surface area (Å²) in [6.07, 6.45) is -5.42. The van der Waals surface area contributed by atoms with Gasteiger partial charge in [-0.3, -0.25) is 29.8 Å². The molecule has 3 aliphatic rings. The Labute approximate surface area is 237 Å².